The van der Waals surface area contributed by atoms with Crippen LogP contribution in [0.15, 0.2) is 103 Å². The zero-order valence-corrected chi connectivity index (χ0v) is 19.9. The van der Waals surface area contributed by atoms with E-state index in [0.717, 1.165) is 23.2 Å². The van der Waals surface area contributed by atoms with Crippen LogP contribution in [0.3, 0.4) is 0 Å². The van der Waals surface area contributed by atoms with Gasteiger partial charge in [-0.1, -0.05) is 72.8 Å². The fourth-order valence-electron chi connectivity index (χ4n) is 3.81. The maximum Gasteiger partial charge on any atom is 0.160 e. The van der Waals surface area contributed by atoms with Gasteiger partial charge in [-0.2, -0.15) is 0 Å². The minimum absolute atomic E-state index is 0.206. The summed E-state index contributed by atoms with van der Waals surface area (Å²) in [5, 5.41) is 13.1. The monoisotopic (exact) mass is 456 g/mol. The van der Waals surface area contributed by atoms with E-state index in [2.05, 4.69) is 53.5 Å². The zero-order chi connectivity index (χ0) is 23.1. The Bertz CT molecular complexity index is 1090. The molecule has 0 spiro atoms. The van der Waals surface area contributed by atoms with Crippen molar-refractivity contribution in [1.82, 2.24) is 9.97 Å². The van der Waals surface area contributed by atoms with Crippen molar-refractivity contribution in [2.45, 2.75) is 32.2 Å². The summed E-state index contributed by atoms with van der Waals surface area (Å²) in [6.07, 6.45) is 2.95. The first-order valence-corrected chi connectivity index (χ1v) is 12.7. The van der Waals surface area contributed by atoms with Crippen molar-refractivity contribution < 1.29 is 9.84 Å². The molecule has 0 fully saturated rings. The van der Waals surface area contributed by atoms with E-state index in [1.165, 1.54) is 10.6 Å². The van der Waals surface area contributed by atoms with Gasteiger partial charge in [0.15, 0.2) is 5.79 Å². The molecule has 1 atom stereocenters. The molecule has 168 valence electrons. The Labute approximate surface area is 197 Å². The molecule has 2 aromatic heterocycles. The number of aromatic nitrogens is 2. The average Bonchev–Trinajstić information content (AvgIpc) is 2.83. The molecule has 4 aromatic rings. The summed E-state index contributed by atoms with van der Waals surface area (Å²) >= 11 is 0. The molecule has 4 rings (SSSR count). The van der Waals surface area contributed by atoms with Gasteiger partial charge in [-0.15, -0.1) is 0 Å². The molecule has 33 heavy (non-hydrogen) atoms. The number of hydrogen-bond acceptors (Lipinski definition) is 4. The number of hydrogen-bond donors (Lipinski definition) is 1. The third kappa shape index (κ3) is 6.79. The van der Waals surface area contributed by atoms with Crippen LogP contribution in [0, 0.1) is 0 Å². The van der Waals surface area contributed by atoms with E-state index in [-0.39, 0.29) is 6.10 Å². The van der Waals surface area contributed by atoms with Gasteiger partial charge in [0, 0.05) is 24.5 Å². The molecule has 0 amide bonds. The molecular formula is C28H29N2O2P. The van der Waals surface area contributed by atoms with Gasteiger partial charge in [0.1, 0.15) is 0 Å². The smallest absolute Gasteiger partial charge is 0.160 e. The summed E-state index contributed by atoms with van der Waals surface area (Å²) in [4.78, 5) is 9.27. The van der Waals surface area contributed by atoms with Gasteiger partial charge in [-0.25, -0.2) is 0 Å². The molecule has 2 heterocycles. The molecule has 0 aliphatic rings. The van der Waals surface area contributed by atoms with Crippen LogP contribution in [-0.2, 0) is 11.2 Å². The van der Waals surface area contributed by atoms with Gasteiger partial charge in [0.25, 0.3) is 0 Å². The lowest BCUT2D eigenvalue weighted by molar-refractivity contribution is -0.199. The molecule has 0 radical (unpaired) electrons. The number of ether oxygens (including phenoxy) is 1. The van der Waals surface area contributed by atoms with Crippen LogP contribution in [0.4, 0.5) is 0 Å². The first-order chi connectivity index (χ1) is 16.0. The largest absolute Gasteiger partial charge is 0.366 e. The van der Waals surface area contributed by atoms with Gasteiger partial charge >= 0.3 is 0 Å². The average molecular weight is 457 g/mol. The predicted octanol–water partition coefficient (Wildman–Crippen LogP) is 4.93. The summed E-state index contributed by atoms with van der Waals surface area (Å²) in [6, 6.07) is 32.9. The van der Waals surface area contributed by atoms with Crippen molar-refractivity contribution in [2.24, 2.45) is 0 Å². The topological polar surface area (TPSA) is 55.2 Å². The Hall–Kier alpha value is -2.91. The highest BCUT2D eigenvalue weighted by atomic mass is 31.1. The second-order valence-corrected chi connectivity index (χ2v) is 10.7. The van der Waals surface area contributed by atoms with Crippen LogP contribution in [0.2, 0.25) is 0 Å². The number of nitrogens with zero attached hydrogens (tertiary/aromatic N) is 2. The van der Waals surface area contributed by atoms with Crippen LogP contribution in [0.1, 0.15) is 19.5 Å². The molecule has 1 unspecified atom stereocenters. The lowest BCUT2D eigenvalue weighted by Crippen LogP contribution is -2.35. The molecule has 0 saturated heterocycles. The number of rotatable bonds is 9. The number of aliphatic hydroxyl groups is 1. The molecule has 0 saturated carbocycles. The molecule has 5 heteroatoms. The summed E-state index contributed by atoms with van der Waals surface area (Å²) in [5.74, 6) is -1.24. The van der Waals surface area contributed by atoms with E-state index in [4.69, 9.17) is 9.72 Å². The quantitative estimate of drug-likeness (QED) is 0.287. The highest BCUT2D eigenvalue weighted by molar-refractivity contribution is 7.73. The molecule has 4 nitrogen and oxygen atoms in total. The second-order valence-electron chi connectivity index (χ2n) is 8.40. The van der Waals surface area contributed by atoms with Gasteiger partial charge in [-0.05, 0) is 56.6 Å². The SMILES string of the molecule is CC(C)(O)OC(Cc1cccc(-c2ccccn2)n1)CP(c1ccccc1)c1ccccc1. The Kier molecular flexibility index (Phi) is 7.61. The van der Waals surface area contributed by atoms with E-state index in [1.807, 2.05) is 48.5 Å². The Morgan fingerprint density at radius 1 is 0.788 bits per heavy atom. The lowest BCUT2D eigenvalue weighted by Gasteiger charge is -2.30. The van der Waals surface area contributed by atoms with E-state index in [1.54, 1.807) is 20.0 Å². The van der Waals surface area contributed by atoms with Gasteiger partial charge < -0.3 is 9.84 Å². The summed E-state index contributed by atoms with van der Waals surface area (Å²) < 4.78 is 6.18. The minimum atomic E-state index is -1.24. The van der Waals surface area contributed by atoms with E-state index >= 15 is 0 Å². The fraction of sp³-hybridized carbons (Fsp3) is 0.214. The lowest BCUT2D eigenvalue weighted by atomic mass is 10.1. The Morgan fingerprint density at radius 2 is 1.39 bits per heavy atom. The first-order valence-electron chi connectivity index (χ1n) is 11.1. The van der Waals surface area contributed by atoms with Crippen molar-refractivity contribution in [3.05, 3.63) is 109 Å². The van der Waals surface area contributed by atoms with Crippen LogP contribution < -0.4 is 10.6 Å². The normalized spacial score (nSPS) is 12.6. The highest BCUT2D eigenvalue weighted by Gasteiger charge is 2.26. The van der Waals surface area contributed by atoms with E-state index in [0.29, 0.717) is 6.42 Å². The van der Waals surface area contributed by atoms with Crippen molar-refractivity contribution in [1.29, 1.82) is 0 Å². The van der Waals surface area contributed by atoms with Crippen molar-refractivity contribution in [3.8, 4) is 11.4 Å². The molecule has 2 aromatic carbocycles. The van der Waals surface area contributed by atoms with Crippen LogP contribution in [0.25, 0.3) is 11.4 Å². The van der Waals surface area contributed by atoms with Crippen molar-refractivity contribution >= 4 is 18.5 Å². The predicted molar refractivity (Wildman–Crippen MR) is 136 cm³/mol. The van der Waals surface area contributed by atoms with Crippen molar-refractivity contribution in [3.63, 3.8) is 0 Å². The minimum Gasteiger partial charge on any atom is -0.366 e. The summed E-state index contributed by atoms with van der Waals surface area (Å²) in [5.41, 5.74) is 2.60. The Balaban J connectivity index is 1.63. The van der Waals surface area contributed by atoms with Crippen LogP contribution >= 0.6 is 7.92 Å². The van der Waals surface area contributed by atoms with Crippen LogP contribution in [-0.4, -0.2) is 33.1 Å². The fourth-order valence-corrected chi connectivity index (χ4v) is 6.21. The van der Waals surface area contributed by atoms with E-state index in [9.17, 15) is 5.11 Å². The highest BCUT2D eigenvalue weighted by Crippen LogP contribution is 2.36. The molecule has 0 aliphatic heterocycles. The van der Waals surface area contributed by atoms with Crippen molar-refractivity contribution in [2.75, 3.05) is 6.16 Å². The zero-order valence-electron chi connectivity index (χ0n) is 19.0. The maximum absolute atomic E-state index is 10.5. The standard InChI is InChI=1S/C28H29N2O2P/c1-28(2,31)32-23(20-22-12-11-18-27(30-22)26-17-9-10-19-29-26)21-33(24-13-5-3-6-14-24)25-15-7-4-8-16-25/h3-19,23,31H,20-21H2,1-2H3. The van der Waals surface area contributed by atoms with Crippen LogP contribution in [0.5, 0.6) is 0 Å². The molecule has 1 N–H and O–H groups in total. The molecule has 0 bridgehead atoms. The third-order valence-corrected chi connectivity index (χ3v) is 7.76. The summed E-state index contributed by atoms with van der Waals surface area (Å²) in [7, 11) is -0.667. The Morgan fingerprint density at radius 3 is 1.97 bits per heavy atom. The van der Waals surface area contributed by atoms with E-state index < -0.39 is 13.7 Å². The van der Waals surface area contributed by atoms with Gasteiger partial charge in [-0.3, -0.25) is 9.97 Å². The molecule has 0 aliphatic carbocycles. The number of benzene rings is 2. The van der Waals surface area contributed by atoms with Gasteiger partial charge in [0.05, 0.1) is 17.5 Å². The van der Waals surface area contributed by atoms with Gasteiger partial charge in [0.2, 0.25) is 0 Å². The first kappa shape index (κ1) is 23.3. The third-order valence-electron chi connectivity index (χ3n) is 5.15. The molecular weight excluding hydrogens is 427 g/mol. The summed E-state index contributed by atoms with van der Waals surface area (Å²) in [6.45, 7) is 3.37. The maximum atomic E-state index is 10.5. The number of pyridine rings is 2. The second kappa shape index (κ2) is 10.8.